The zero-order valence-electron chi connectivity index (χ0n) is 15.4. The van der Waals surface area contributed by atoms with Crippen LogP contribution >= 0.6 is 0 Å². The van der Waals surface area contributed by atoms with Crippen LogP contribution in [0.3, 0.4) is 0 Å². The fourth-order valence-electron chi connectivity index (χ4n) is 2.98. The second-order valence-electron chi connectivity index (χ2n) is 6.33. The van der Waals surface area contributed by atoms with Crippen molar-refractivity contribution >= 4 is 12.0 Å². The Bertz CT molecular complexity index is 681. The highest BCUT2D eigenvalue weighted by atomic mass is 16.7. The van der Waals surface area contributed by atoms with Crippen molar-refractivity contribution in [2.24, 2.45) is 0 Å². The molecule has 0 saturated carbocycles. The second kappa shape index (κ2) is 10.1. The Kier molecular flexibility index (Phi) is 7.27. The normalized spacial score (nSPS) is 17.3. The molecule has 1 aromatic carbocycles. The van der Waals surface area contributed by atoms with E-state index < -0.39 is 0 Å². The minimum Gasteiger partial charge on any atom is -0.454 e. The summed E-state index contributed by atoms with van der Waals surface area (Å²) in [6, 6.07) is 5.74. The number of piperazine rings is 1. The molecule has 1 N–H and O–H groups in total. The standard InChI is InChI=1S/C20H26N2O5/c23-12-14-25-13-11-21-7-9-22(10-8-21)20(24)4-2-1-3-17-5-6-18-19(15-17)27-16-26-18/h1-6,15,23H,7-14,16H2/b3-1+,4-2+. The van der Waals surface area contributed by atoms with E-state index in [0.29, 0.717) is 13.2 Å². The summed E-state index contributed by atoms with van der Waals surface area (Å²) in [5, 5.41) is 8.68. The van der Waals surface area contributed by atoms with Crippen LogP contribution in [0.5, 0.6) is 11.5 Å². The average Bonchev–Trinajstić information content (AvgIpc) is 3.17. The van der Waals surface area contributed by atoms with E-state index >= 15 is 0 Å². The number of allylic oxidation sites excluding steroid dienone is 2. The van der Waals surface area contributed by atoms with Crippen molar-refractivity contribution in [2.75, 3.05) is 59.3 Å². The minimum absolute atomic E-state index is 0.0292. The predicted octanol–water partition coefficient (Wildman–Crippen LogP) is 1.14. The maximum Gasteiger partial charge on any atom is 0.246 e. The van der Waals surface area contributed by atoms with Gasteiger partial charge in [-0.1, -0.05) is 24.3 Å². The summed E-state index contributed by atoms with van der Waals surface area (Å²) in [4.78, 5) is 16.4. The van der Waals surface area contributed by atoms with Crippen LogP contribution in [0, 0.1) is 0 Å². The fourth-order valence-corrected chi connectivity index (χ4v) is 2.98. The minimum atomic E-state index is 0.0292. The molecule has 0 atom stereocenters. The van der Waals surface area contributed by atoms with E-state index in [0.717, 1.165) is 49.8 Å². The summed E-state index contributed by atoms with van der Waals surface area (Å²) in [5.74, 6) is 1.54. The van der Waals surface area contributed by atoms with Crippen molar-refractivity contribution in [1.82, 2.24) is 9.80 Å². The van der Waals surface area contributed by atoms with E-state index in [1.165, 1.54) is 0 Å². The predicted molar refractivity (Wildman–Crippen MR) is 102 cm³/mol. The van der Waals surface area contributed by atoms with Crippen LogP contribution in [0.1, 0.15) is 5.56 Å². The monoisotopic (exact) mass is 374 g/mol. The van der Waals surface area contributed by atoms with Gasteiger partial charge in [-0.2, -0.15) is 0 Å². The zero-order valence-corrected chi connectivity index (χ0v) is 15.4. The van der Waals surface area contributed by atoms with Crippen LogP contribution in [-0.4, -0.2) is 80.2 Å². The smallest absolute Gasteiger partial charge is 0.246 e. The van der Waals surface area contributed by atoms with Gasteiger partial charge in [-0.3, -0.25) is 9.69 Å². The second-order valence-corrected chi connectivity index (χ2v) is 6.33. The topological polar surface area (TPSA) is 71.5 Å². The third-order valence-electron chi connectivity index (χ3n) is 4.51. The number of nitrogens with zero attached hydrogens (tertiary/aromatic N) is 2. The molecule has 7 nitrogen and oxygen atoms in total. The lowest BCUT2D eigenvalue weighted by Gasteiger charge is -2.34. The van der Waals surface area contributed by atoms with Crippen LogP contribution in [-0.2, 0) is 9.53 Å². The van der Waals surface area contributed by atoms with E-state index in [4.69, 9.17) is 19.3 Å². The molecular weight excluding hydrogens is 348 g/mol. The molecule has 2 heterocycles. The van der Waals surface area contributed by atoms with Crippen LogP contribution in [0.2, 0.25) is 0 Å². The molecular formula is C20H26N2O5. The number of amides is 1. The number of benzene rings is 1. The van der Waals surface area contributed by atoms with Gasteiger partial charge in [0.2, 0.25) is 12.7 Å². The van der Waals surface area contributed by atoms with Crippen LogP contribution in [0.4, 0.5) is 0 Å². The number of hydrogen-bond donors (Lipinski definition) is 1. The molecule has 2 aliphatic heterocycles. The Hall–Kier alpha value is -2.35. The van der Waals surface area contributed by atoms with E-state index in [-0.39, 0.29) is 19.3 Å². The molecule has 146 valence electrons. The summed E-state index contributed by atoms with van der Waals surface area (Å²) >= 11 is 0. The molecule has 0 spiro atoms. The number of ether oxygens (including phenoxy) is 3. The molecule has 1 amide bonds. The molecule has 0 aromatic heterocycles. The number of carbonyl (C=O) groups excluding carboxylic acids is 1. The van der Waals surface area contributed by atoms with Crippen molar-refractivity contribution in [3.8, 4) is 11.5 Å². The van der Waals surface area contributed by atoms with Gasteiger partial charge in [0.15, 0.2) is 11.5 Å². The first kappa shape index (κ1) is 19.4. The number of aliphatic hydroxyl groups excluding tert-OH is 1. The molecule has 2 aliphatic rings. The van der Waals surface area contributed by atoms with E-state index in [1.54, 1.807) is 12.2 Å². The molecule has 0 aliphatic carbocycles. The fraction of sp³-hybridized carbons (Fsp3) is 0.450. The van der Waals surface area contributed by atoms with Crippen molar-refractivity contribution < 1.29 is 24.1 Å². The largest absolute Gasteiger partial charge is 0.454 e. The van der Waals surface area contributed by atoms with Gasteiger partial charge >= 0.3 is 0 Å². The van der Waals surface area contributed by atoms with Gasteiger partial charge < -0.3 is 24.2 Å². The Balaban J connectivity index is 1.39. The number of fused-ring (bicyclic) bond motifs is 1. The molecule has 3 rings (SSSR count). The molecule has 0 bridgehead atoms. The van der Waals surface area contributed by atoms with Crippen molar-refractivity contribution in [1.29, 1.82) is 0 Å². The highest BCUT2D eigenvalue weighted by Crippen LogP contribution is 2.32. The average molecular weight is 374 g/mol. The third-order valence-corrected chi connectivity index (χ3v) is 4.51. The molecule has 0 unspecified atom stereocenters. The first-order chi connectivity index (χ1) is 13.3. The lowest BCUT2D eigenvalue weighted by molar-refractivity contribution is -0.127. The Labute approximate surface area is 159 Å². The first-order valence-electron chi connectivity index (χ1n) is 9.20. The Morgan fingerprint density at radius 1 is 1.11 bits per heavy atom. The van der Waals surface area contributed by atoms with Crippen molar-refractivity contribution in [2.45, 2.75) is 0 Å². The van der Waals surface area contributed by atoms with Crippen LogP contribution < -0.4 is 9.47 Å². The maximum atomic E-state index is 12.3. The number of hydrogen-bond acceptors (Lipinski definition) is 6. The van der Waals surface area contributed by atoms with Gasteiger partial charge in [0.25, 0.3) is 0 Å². The number of carbonyl (C=O) groups is 1. The third kappa shape index (κ3) is 5.82. The van der Waals surface area contributed by atoms with E-state index in [9.17, 15) is 4.79 Å². The molecule has 7 heteroatoms. The maximum absolute atomic E-state index is 12.3. The molecule has 0 radical (unpaired) electrons. The first-order valence-corrected chi connectivity index (χ1v) is 9.20. The summed E-state index contributed by atoms with van der Waals surface area (Å²) in [7, 11) is 0. The molecule has 1 aromatic rings. The van der Waals surface area contributed by atoms with Gasteiger partial charge in [0.1, 0.15) is 0 Å². The quantitative estimate of drug-likeness (QED) is 0.418. The van der Waals surface area contributed by atoms with E-state index in [2.05, 4.69) is 4.90 Å². The van der Waals surface area contributed by atoms with Gasteiger partial charge in [0, 0.05) is 38.8 Å². The summed E-state index contributed by atoms with van der Waals surface area (Å²) < 4.78 is 15.9. The summed E-state index contributed by atoms with van der Waals surface area (Å²) in [6.45, 7) is 5.25. The van der Waals surface area contributed by atoms with Gasteiger partial charge in [-0.15, -0.1) is 0 Å². The van der Waals surface area contributed by atoms with Crippen molar-refractivity contribution in [3.05, 3.63) is 42.0 Å². The van der Waals surface area contributed by atoms with Gasteiger partial charge in [-0.05, 0) is 17.7 Å². The lowest BCUT2D eigenvalue weighted by atomic mass is 10.2. The lowest BCUT2D eigenvalue weighted by Crippen LogP contribution is -2.49. The molecule has 27 heavy (non-hydrogen) atoms. The van der Waals surface area contributed by atoms with Crippen LogP contribution in [0.15, 0.2) is 36.4 Å². The highest BCUT2D eigenvalue weighted by Gasteiger charge is 2.19. The highest BCUT2D eigenvalue weighted by molar-refractivity contribution is 5.88. The van der Waals surface area contributed by atoms with Crippen molar-refractivity contribution in [3.63, 3.8) is 0 Å². The van der Waals surface area contributed by atoms with Gasteiger partial charge in [0.05, 0.1) is 19.8 Å². The summed E-state index contributed by atoms with van der Waals surface area (Å²) in [5.41, 5.74) is 0.994. The Morgan fingerprint density at radius 3 is 2.74 bits per heavy atom. The van der Waals surface area contributed by atoms with Crippen LogP contribution in [0.25, 0.3) is 6.08 Å². The molecule has 1 fully saturated rings. The Morgan fingerprint density at radius 2 is 1.93 bits per heavy atom. The number of rotatable bonds is 8. The summed E-state index contributed by atoms with van der Waals surface area (Å²) in [6.07, 6.45) is 7.14. The SMILES string of the molecule is O=C(/C=C/C=C/c1ccc2c(c1)OCO2)N1CCN(CCOCCO)CC1. The molecule has 1 saturated heterocycles. The van der Waals surface area contributed by atoms with Gasteiger partial charge in [-0.25, -0.2) is 0 Å². The number of aliphatic hydroxyl groups is 1. The van der Waals surface area contributed by atoms with E-state index in [1.807, 2.05) is 35.3 Å². The zero-order chi connectivity index (χ0) is 18.9.